The van der Waals surface area contributed by atoms with E-state index in [4.69, 9.17) is 0 Å². The Morgan fingerprint density at radius 3 is 2.67 bits per heavy atom. The first-order valence-electron chi connectivity index (χ1n) is 6.23. The monoisotopic (exact) mass is 260 g/mol. The lowest BCUT2D eigenvalue weighted by Crippen LogP contribution is -2.16. The zero-order chi connectivity index (χ0) is 13.6. The molecule has 0 radical (unpaired) electrons. The molecule has 0 fully saturated rings. The number of halogens is 3. The van der Waals surface area contributed by atoms with Crippen LogP contribution < -0.4 is 5.32 Å². The van der Waals surface area contributed by atoms with Crippen LogP contribution >= 0.6 is 0 Å². The standard InChI is InChI=1S/C13H19F3N2/c1-3-4-5-6-10(2)18-11-7-8-17-12(9-11)13(14,15)16/h7-10H,3-6H2,1-2H3,(H,17,18). The molecule has 0 saturated heterocycles. The van der Waals surface area contributed by atoms with Crippen molar-refractivity contribution in [3.05, 3.63) is 24.0 Å². The first-order valence-corrected chi connectivity index (χ1v) is 6.23. The summed E-state index contributed by atoms with van der Waals surface area (Å²) in [6, 6.07) is 2.78. The van der Waals surface area contributed by atoms with Crippen LogP contribution in [0.2, 0.25) is 0 Å². The first kappa shape index (κ1) is 14.8. The minimum absolute atomic E-state index is 0.167. The van der Waals surface area contributed by atoms with Crippen molar-refractivity contribution in [2.75, 3.05) is 5.32 Å². The van der Waals surface area contributed by atoms with E-state index in [9.17, 15) is 13.2 Å². The van der Waals surface area contributed by atoms with Crippen LogP contribution in [0, 0.1) is 0 Å². The van der Waals surface area contributed by atoms with Gasteiger partial charge in [-0.15, -0.1) is 0 Å². The van der Waals surface area contributed by atoms with Crippen molar-refractivity contribution >= 4 is 5.69 Å². The molecule has 0 bridgehead atoms. The van der Waals surface area contributed by atoms with Crippen molar-refractivity contribution in [3.8, 4) is 0 Å². The second kappa shape index (κ2) is 6.61. The maximum Gasteiger partial charge on any atom is 0.433 e. The number of anilines is 1. The fourth-order valence-electron chi connectivity index (χ4n) is 1.73. The Hall–Kier alpha value is -1.26. The fourth-order valence-corrected chi connectivity index (χ4v) is 1.73. The quantitative estimate of drug-likeness (QED) is 0.763. The average Bonchev–Trinajstić information content (AvgIpc) is 2.28. The summed E-state index contributed by atoms with van der Waals surface area (Å²) >= 11 is 0. The Bertz CT molecular complexity index is 363. The van der Waals surface area contributed by atoms with Crippen LogP contribution in [0.5, 0.6) is 0 Å². The molecule has 102 valence electrons. The van der Waals surface area contributed by atoms with Gasteiger partial charge >= 0.3 is 6.18 Å². The lowest BCUT2D eigenvalue weighted by atomic mass is 10.1. The van der Waals surface area contributed by atoms with E-state index < -0.39 is 11.9 Å². The molecule has 1 heterocycles. The molecule has 18 heavy (non-hydrogen) atoms. The van der Waals surface area contributed by atoms with E-state index in [2.05, 4.69) is 17.2 Å². The molecule has 1 atom stereocenters. The molecule has 1 aromatic rings. The molecule has 5 heteroatoms. The van der Waals surface area contributed by atoms with E-state index in [0.717, 1.165) is 31.7 Å². The number of alkyl halides is 3. The van der Waals surface area contributed by atoms with Crippen molar-refractivity contribution in [2.24, 2.45) is 0 Å². The van der Waals surface area contributed by atoms with Crippen LogP contribution in [-0.4, -0.2) is 11.0 Å². The largest absolute Gasteiger partial charge is 0.433 e. The second-order valence-electron chi connectivity index (χ2n) is 4.47. The average molecular weight is 260 g/mol. The highest BCUT2D eigenvalue weighted by Gasteiger charge is 2.32. The van der Waals surface area contributed by atoms with Gasteiger partial charge in [0.05, 0.1) is 0 Å². The van der Waals surface area contributed by atoms with Gasteiger partial charge in [-0.2, -0.15) is 13.2 Å². The van der Waals surface area contributed by atoms with Crippen LogP contribution in [-0.2, 0) is 6.18 Å². The third kappa shape index (κ3) is 4.94. The number of nitrogens with zero attached hydrogens (tertiary/aromatic N) is 1. The molecule has 2 nitrogen and oxygen atoms in total. The number of hydrogen-bond acceptors (Lipinski definition) is 2. The molecule has 0 aliphatic carbocycles. The van der Waals surface area contributed by atoms with Gasteiger partial charge < -0.3 is 5.32 Å². The third-order valence-electron chi connectivity index (χ3n) is 2.70. The molecule has 0 aliphatic rings. The second-order valence-corrected chi connectivity index (χ2v) is 4.47. The van der Waals surface area contributed by atoms with Gasteiger partial charge in [0.2, 0.25) is 0 Å². The molecule has 0 aliphatic heterocycles. The van der Waals surface area contributed by atoms with Crippen LogP contribution in [0.4, 0.5) is 18.9 Å². The number of pyridine rings is 1. The fraction of sp³-hybridized carbons (Fsp3) is 0.615. The summed E-state index contributed by atoms with van der Waals surface area (Å²) in [5, 5.41) is 3.07. The van der Waals surface area contributed by atoms with Gasteiger partial charge in [-0.25, -0.2) is 0 Å². The van der Waals surface area contributed by atoms with Gasteiger partial charge in [-0.05, 0) is 25.5 Å². The minimum Gasteiger partial charge on any atom is -0.382 e. The summed E-state index contributed by atoms with van der Waals surface area (Å²) in [5.74, 6) is 0. The molecule has 1 unspecified atom stereocenters. The van der Waals surface area contributed by atoms with E-state index in [1.165, 1.54) is 6.20 Å². The number of aromatic nitrogens is 1. The zero-order valence-electron chi connectivity index (χ0n) is 10.7. The molecule has 0 aromatic carbocycles. The first-order chi connectivity index (χ1) is 8.43. The van der Waals surface area contributed by atoms with Crippen molar-refractivity contribution in [1.29, 1.82) is 0 Å². The maximum atomic E-state index is 12.5. The van der Waals surface area contributed by atoms with Crippen molar-refractivity contribution in [1.82, 2.24) is 4.98 Å². The Morgan fingerprint density at radius 1 is 1.33 bits per heavy atom. The highest BCUT2D eigenvalue weighted by atomic mass is 19.4. The summed E-state index contributed by atoms with van der Waals surface area (Å²) in [6.07, 6.45) is 1.13. The summed E-state index contributed by atoms with van der Waals surface area (Å²) in [7, 11) is 0. The lowest BCUT2D eigenvalue weighted by Gasteiger charge is -2.16. The molecule has 1 N–H and O–H groups in total. The van der Waals surface area contributed by atoms with Gasteiger partial charge in [0.1, 0.15) is 5.69 Å². The number of unbranched alkanes of at least 4 members (excludes halogenated alkanes) is 2. The number of nitrogens with one attached hydrogen (secondary N) is 1. The Kier molecular flexibility index (Phi) is 5.44. The van der Waals surface area contributed by atoms with Crippen molar-refractivity contribution < 1.29 is 13.2 Å². The summed E-state index contributed by atoms with van der Waals surface area (Å²) in [4.78, 5) is 3.33. The zero-order valence-corrected chi connectivity index (χ0v) is 10.7. The number of rotatable bonds is 6. The molecule has 1 aromatic heterocycles. The van der Waals surface area contributed by atoms with Crippen molar-refractivity contribution in [2.45, 2.75) is 51.7 Å². The van der Waals surface area contributed by atoms with Crippen LogP contribution in [0.25, 0.3) is 0 Å². The van der Waals surface area contributed by atoms with E-state index in [0.29, 0.717) is 5.69 Å². The third-order valence-corrected chi connectivity index (χ3v) is 2.70. The Balaban J connectivity index is 2.57. The minimum atomic E-state index is -4.39. The predicted molar refractivity (Wildman–Crippen MR) is 66.5 cm³/mol. The van der Waals surface area contributed by atoms with Crippen LogP contribution in [0.3, 0.4) is 0 Å². The normalized spacial score (nSPS) is 13.4. The Morgan fingerprint density at radius 2 is 2.06 bits per heavy atom. The molecule has 0 saturated carbocycles. The summed E-state index contributed by atoms with van der Waals surface area (Å²) in [5.41, 5.74) is -0.380. The smallest absolute Gasteiger partial charge is 0.382 e. The molecule has 0 amide bonds. The molecular formula is C13H19F3N2. The van der Waals surface area contributed by atoms with E-state index in [-0.39, 0.29) is 6.04 Å². The van der Waals surface area contributed by atoms with Crippen molar-refractivity contribution in [3.63, 3.8) is 0 Å². The van der Waals surface area contributed by atoms with E-state index in [1.807, 2.05) is 6.92 Å². The van der Waals surface area contributed by atoms with E-state index >= 15 is 0 Å². The van der Waals surface area contributed by atoms with Gasteiger partial charge in [0.15, 0.2) is 0 Å². The number of hydrogen-bond donors (Lipinski definition) is 1. The lowest BCUT2D eigenvalue weighted by molar-refractivity contribution is -0.141. The van der Waals surface area contributed by atoms with Gasteiger partial charge in [0.25, 0.3) is 0 Å². The topological polar surface area (TPSA) is 24.9 Å². The van der Waals surface area contributed by atoms with Gasteiger partial charge in [0, 0.05) is 17.9 Å². The SMILES string of the molecule is CCCCCC(C)Nc1ccnc(C(F)(F)F)c1. The van der Waals surface area contributed by atoms with Crippen LogP contribution in [0.1, 0.15) is 45.2 Å². The summed E-state index contributed by atoms with van der Waals surface area (Å²) in [6.45, 7) is 4.10. The van der Waals surface area contributed by atoms with Gasteiger partial charge in [-0.3, -0.25) is 4.98 Å². The summed E-state index contributed by atoms with van der Waals surface area (Å²) < 4.78 is 37.4. The maximum absolute atomic E-state index is 12.5. The molecular weight excluding hydrogens is 241 g/mol. The highest BCUT2D eigenvalue weighted by molar-refractivity contribution is 5.44. The van der Waals surface area contributed by atoms with Crippen LogP contribution in [0.15, 0.2) is 18.3 Å². The molecule has 0 spiro atoms. The Labute approximate surface area is 106 Å². The van der Waals surface area contributed by atoms with E-state index in [1.54, 1.807) is 6.07 Å². The molecule has 1 rings (SSSR count). The predicted octanol–water partition coefficient (Wildman–Crippen LogP) is 4.48. The highest BCUT2D eigenvalue weighted by Crippen LogP contribution is 2.29. The van der Waals surface area contributed by atoms with Gasteiger partial charge in [-0.1, -0.05) is 26.2 Å².